The molecule has 0 saturated carbocycles. The van der Waals surface area contributed by atoms with Crippen molar-refractivity contribution in [1.82, 2.24) is 0 Å². The smallest absolute Gasteiger partial charge is 0.313 e. The van der Waals surface area contributed by atoms with E-state index in [2.05, 4.69) is 0 Å². The highest BCUT2D eigenvalue weighted by molar-refractivity contribution is 6.02. The van der Waals surface area contributed by atoms with Crippen LogP contribution in [-0.4, -0.2) is 76.1 Å². The minimum Gasteiger partial charge on any atom is -0.469 e. The van der Waals surface area contributed by atoms with Crippen LogP contribution in [0.15, 0.2) is 46.1 Å². The van der Waals surface area contributed by atoms with Crippen molar-refractivity contribution >= 4 is 29.3 Å². The Hall–Kier alpha value is -3.21. The van der Waals surface area contributed by atoms with Gasteiger partial charge in [-0.25, -0.2) is 0 Å². The number of carbonyl (C=O) groups is 5. The number of fused-ring (bicyclic) bond motifs is 5. The lowest BCUT2D eigenvalue weighted by Gasteiger charge is -2.50. The predicted octanol–water partition coefficient (Wildman–Crippen LogP) is 6.66. The molecule has 1 fully saturated rings. The Labute approximate surface area is 315 Å². The zero-order valence-electron chi connectivity index (χ0n) is 33.5. The normalized spacial score (nSPS) is 39.7. The van der Waals surface area contributed by atoms with Gasteiger partial charge in [0.1, 0.15) is 17.5 Å². The predicted molar refractivity (Wildman–Crippen MR) is 200 cm³/mol. The Balaban J connectivity index is 2.05. The molecule has 2 aliphatic heterocycles. The second kappa shape index (κ2) is 16.7. The summed E-state index contributed by atoms with van der Waals surface area (Å²) in [4.78, 5) is 70.3. The number of ether oxygens (including phenoxy) is 3. The summed E-state index contributed by atoms with van der Waals surface area (Å²) in [5, 5.41) is 23.6. The molecule has 0 aromatic heterocycles. The quantitative estimate of drug-likeness (QED) is 0.238. The third kappa shape index (κ3) is 9.03. The third-order valence-corrected chi connectivity index (χ3v) is 12.6. The van der Waals surface area contributed by atoms with Crippen LogP contribution >= 0.6 is 0 Å². The van der Waals surface area contributed by atoms with Gasteiger partial charge >= 0.3 is 11.9 Å². The lowest BCUT2D eigenvalue weighted by atomic mass is 9.53. The number of ketones is 3. The molecule has 2 aliphatic carbocycles. The molecule has 294 valence electrons. The van der Waals surface area contributed by atoms with Crippen LogP contribution in [0.5, 0.6) is 0 Å². The van der Waals surface area contributed by atoms with Crippen molar-refractivity contribution in [3.63, 3.8) is 0 Å². The summed E-state index contributed by atoms with van der Waals surface area (Å²) in [6.07, 6.45) is 5.18. The number of esters is 2. The number of aliphatic hydroxyl groups is 2. The number of rotatable bonds is 3. The molecule has 2 heterocycles. The van der Waals surface area contributed by atoms with E-state index < -0.39 is 64.6 Å². The van der Waals surface area contributed by atoms with Crippen molar-refractivity contribution in [2.45, 2.75) is 156 Å². The van der Waals surface area contributed by atoms with Crippen molar-refractivity contribution in [3.8, 4) is 0 Å². The molecule has 0 spiro atoms. The first-order valence-corrected chi connectivity index (χ1v) is 19.3. The van der Waals surface area contributed by atoms with E-state index >= 15 is 0 Å². The Morgan fingerprint density at radius 2 is 1.62 bits per heavy atom. The van der Waals surface area contributed by atoms with E-state index in [-0.39, 0.29) is 49.0 Å². The summed E-state index contributed by atoms with van der Waals surface area (Å²) in [6, 6.07) is 0. The minimum atomic E-state index is -1.73. The van der Waals surface area contributed by atoms with Gasteiger partial charge in [-0.2, -0.15) is 0 Å². The number of hydrogen-bond donors (Lipinski definition) is 2. The van der Waals surface area contributed by atoms with Gasteiger partial charge < -0.3 is 24.4 Å². The van der Waals surface area contributed by atoms with Crippen molar-refractivity contribution in [3.05, 3.63) is 46.1 Å². The van der Waals surface area contributed by atoms with Crippen LogP contribution < -0.4 is 0 Å². The first-order chi connectivity index (χ1) is 24.6. The molecule has 4 rings (SSSR count). The van der Waals surface area contributed by atoms with Crippen molar-refractivity contribution in [2.75, 3.05) is 7.11 Å². The molecule has 10 heteroatoms. The van der Waals surface area contributed by atoms with Gasteiger partial charge in [-0.05, 0) is 104 Å². The molecule has 0 aromatic carbocycles. The van der Waals surface area contributed by atoms with E-state index in [1.807, 2.05) is 46.8 Å². The molecule has 9 atom stereocenters. The average molecular weight is 739 g/mol. The molecule has 53 heavy (non-hydrogen) atoms. The second-order valence-electron chi connectivity index (χ2n) is 17.1. The maximum atomic E-state index is 14.8. The van der Waals surface area contributed by atoms with E-state index in [1.165, 1.54) is 14.0 Å². The fourth-order valence-electron chi connectivity index (χ4n) is 9.14. The fraction of sp³-hybridized carbons (Fsp3) is 0.698. The molecule has 0 radical (unpaired) electrons. The zero-order valence-corrected chi connectivity index (χ0v) is 33.5. The first kappa shape index (κ1) is 42.5. The van der Waals surface area contributed by atoms with Crippen LogP contribution in [0.2, 0.25) is 0 Å². The largest absolute Gasteiger partial charge is 0.469 e. The molecule has 2 N–H and O–H groups in total. The Morgan fingerprint density at radius 3 is 2.25 bits per heavy atom. The number of methoxy groups -OCH3 is 1. The highest BCUT2D eigenvalue weighted by atomic mass is 16.6. The minimum absolute atomic E-state index is 0.00736. The van der Waals surface area contributed by atoms with Gasteiger partial charge in [0.2, 0.25) is 0 Å². The van der Waals surface area contributed by atoms with Gasteiger partial charge in [-0.3, -0.25) is 24.0 Å². The van der Waals surface area contributed by atoms with E-state index in [4.69, 9.17) is 14.2 Å². The lowest BCUT2D eigenvalue weighted by molar-refractivity contribution is -0.239. The molecule has 10 nitrogen and oxygen atoms in total. The van der Waals surface area contributed by atoms with E-state index in [1.54, 1.807) is 26.8 Å². The fourth-order valence-corrected chi connectivity index (χ4v) is 9.14. The van der Waals surface area contributed by atoms with Gasteiger partial charge in [0, 0.05) is 43.9 Å². The van der Waals surface area contributed by atoms with Crippen LogP contribution in [0.3, 0.4) is 0 Å². The molecule has 4 aliphatic rings. The molecule has 0 aromatic rings. The number of carbonyl (C=O) groups excluding carboxylic acids is 5. The van der Waals surface area contributed by atoms with Gasteiger partial charge in [-0.15, -0.1) is 0 Å². The van der Waals surface area contributed by atoms with Crippen LogP contribution in [-0.2, 0) is 38.2 Å². The monoisotopic (exact) mass is 738 g/mol. The molecule has 0 amide bonds. The van der Waals surface area contributed by atoms with Crippen molar-refractivity contribution in [1.29, 1.82) is 0 Å². The third-order valence-electron chi connectivity index (χ3n) is 12.6. The van der Waals surface area contributed by atoms with Gasteiger partial charge in [0.05, 0.1) is 30.3 Å². The maximum Gasteiger partial charge on any atom is 0.313 e. The molecular formula is C43H62O10. The average Bonchev–Trinajstić information content (AvgIpc) is 3.06. The standard InChI is InChI=1S/C43H62O10/c1-24(2)30-21-34(45)27(5)13-11-12-25(3)19-35(46)33-20-28(6)31-22-39(52-29(7)44)42(9,50)38-16-17-41(8,49)37(53-38)15-14-26(4)18-32(31)43(33,23-36(30)47)40(48)51-10/h13,18-19,24,30,32-33,37-39,49-50H,11-12,14-17,20-23H2,1-10H3/b25-19-,26-18+,27-13-/t30-,32+,33-,37+,38-,39+,41-,42+,43+/m1/s1. The maximum absolute atomic E-state index is 14.8. The van der Waals surface area contributed by atoms with Gasteiger partial charge in [0.15, 0.2) is 11.6 Å². The SMILES string of the molecule is COC(=O)[C@]12CC(=O)[C@@H](C(C)C)CC(=O)/C(C)=C\CC/C(C)=C\C(=O)[C@H]1CC(C)=C1C[C@H](OC(C)=O)[C@@](C)(O)[C@H]3CC[C@@](C)(O)[C@H](CC/C(C)=C/[C@@H]12)O3. The molecule has 1 saturated heterocycles. The number of hydrogen-bond acceptors (Lipinski definition) is 10. The van der Waals surface area contributed by atoms with Crippen LogP contribution in [0.25, 0.3) is 0 Å². The van der Waals surface area contributed by atoms with Crippen molar-refractivity contribution in [2.24, 2.45) is 29.1 Å². The summed E-state index contributed by atoms with van der Waals surface area (Å²) in [5.74, 6) is -4.86. The van der Waals surface area contributed by atoms with E-state index in [0.717, 1.165) is 16.7 Å². The highest BCUT2D eigenvalue weighted by Crippen LogP contribution is 2.56. The Kier molecular flexibility index (Phi) is 13.4. The zero-order chi connectivity index (χ0) is 39.6. The molecule has 0 unspecified atom stereocenters. The molecular weight excluding hydrogens is 676 g/mol. The topological polar surface area (TPSA) is 154 Å². The van der Waals surface area contributed by atoms with Crippen LogP contribution in [0.1, 0.15) is 127 Å². The summed E-state index contributed by atoms with van der Waals surface area (Å²) in [5.41, 5.74) is -0.945. The molecule has 2 bridgehead atoms. The Morgan fingerprint density at radius 1 is 0.943 bits per heavy atom. The first-order valence-electron chi connectivity index (χ1n) is 19.3. The lowest BCUT2D eigenvalue weighted by Crippen LogP contribution is -2.59. The summed E-state index contributed by atoms with van der Waals surface area (Å²) >= 11 is 0. The summed E-state index contributed by atoms with van der Waals surface area (Å²) in [7, 11) is 1.26. The number of Topliss-reactive ketones (excluding diaryl/α,β-unsaturated/α-hetero) is 2. The van der Waals surface area contributed by atoms with E-state index in [9.17, 15) is 34.2 Å². The van der Waals surface area contributed by atoms with E-state index in [0.29, 0.717) is 49.7 Å². The second-order valence-corrected chi connectivity index (χ2v) is 17.1. The summed E-state index contributed by atoms with van der Waals surface area (Å²) < 4.78 is 17.9. The highest BCUT2D eigenvalue weighted by Gasteiger charge is 2.60. The van der Waals surface area contributed by atoms with Crippen LogP contribution in [0, 0.1) is 29.1 Å². The Bertz CT molecular complexity index is 1590. The van der Waals surface area contributed by atoms with Crippen molar-refractivity contribution < 1.29 is 48.4 Å². The van der Waals surface area contributed by atoms with Crippen LogP contribution in [0.4, 0.5) is 0 Å². The van der Waals surface area contributed by atoms with Gasteiger partial charge in [0.25, 0.3) is 0 Å². The summed E-state index contributed by atoms with van der Waals surface area (Å²) in [6.45, 7) is 15.7. The number of allylic oxidation sites excluding steroid dienone is 7. The van der Waals surface area contributed by atoms with Gasteiger partial charge in [-0.1, -0.05) is 48.3 Å².